The average Bonchev–Trinajstić information content (AvgIpc) is 2.08. The third-order valence-corrected chi connectivity index (χ3v) is 2.39. The first-order valence-electron chi connectivity index (χ1n) is 3.34. The van der Waals surface area contributed by atoms with Crippen molar-refractivity contribution in [1.82, 2.24) is 0 Å². The van der Waals surface area contributed by atoms with Crippen LogP contribution < -0.4 is 0 Å². The van der Waals surface area contributed by atoms with E-state index in [0.717, 1.165) is 0 Å². The molecule has 1 nitrogen and oxygen atoms in total. The third kappa shape index (κ3) is 1.97. The van der Waals surface area contributed by atoms with Crippen molar-refractivity contribution >= 4 is 27.5 Å². The maximum atomic E-state index is 13.2. The Morgan fingerprint density at radius 2 is 2.25 bits per heavy atom. The van der Waals surface area contributed by atoms with Crippen LogP contribution in [0.4, 0.5) is 4.39 Å². The van der Waals surface area contributed by atoms with E-state index < -0.39 is 11.9 Å². The lowest BCUT2D eigenvalue weighted by Gasteiger charge is -2.08. The van der Waals surface area contributed by atoms with Gasteiger partial charge in [-0.1, -0.05) is 12.1 Å². The number of alkyl halides is 1. The van der Waals surface area contributed by atoms with Crippen molar-refractivity contribution in [3.8, 4) is 0 Å². The first kappa shape index (κ1) is 9.96. The van der Waals surface area contributed by atoms with E-state index in [9.17, 15) is 9.50 Å². The molecule has 12 heavy (non-hydrogen) atoms. The molecule has 0 saturated carbocycles. The normalized spacial score (nSPS) is 13.0. The van der Waals surface area contributed by atoms with Gasteiger partial charge in [-0.3, -0.25) is 0 Å². The van der Waals surface area contributed by atoms with Crippen LogP contribution in [0.2, 0.25) is 0 Å². The summed E-state index contributed by atoms with van der Waals surface area (Å²) < 4.78 is 13.5. The summed E-state index contributed by atoms with van der Waals surface area (Å²) in [4.78, 5) is 0. The van der Waals surface area contributed by atoms with Crippen molar-refractivity contribution in [3.63, 3.8) is 0 Å². The topological polar surface area (TPSA) is 20.2 Å². The zero-order valence-electron chi connectivity index (χ0n) is 6.10. The molecule has 0 spiro atoms. The minimum absolute atomic E-state index is 0.00657. The Labute approximate surface area is 83.3 Å². The van der Waals surface area contributed by atoms with E-state index in [0.29, 0.717) is 4.47 Å². The number of aliphatic hydroxyl groups excluding tert-OH is 1. The Hall–Kier alpha value is -0.120. The van der Waals surface area contributed by atoms with Crippen LogP contribution in [-0.2, 0) is 0 Å². The third-order valence-electron chi connectivity index (χ3n) is 1.49. The molecule has 0 heterocycles. The van der Waals surface area contributed by atoms with Crippen LogP contribution in [0.3, 0.4) is 0 Å². The molecule has 1 aromatic carbocycles. The minimum atomic E-state index is -0.941. The summed E-state index contributed by atoms with van der Waals surface area (Å²) in [6.45, 7) is 0. The molecule has 1 atom stereocenters. The Morgan fingerprint density at radius 1 is 1.58 bits per heavy atom. The van der Waals surface area contributed by atoms with Crippen LogP contribution in [0.25, 0.3) is 0 Å². The zero-order chi connectivity index (χ0) is 9.14. The van der Waals surface area contributed by atoms with Gasteiger partial charge in [0.25, 0.3) is 0 Å². The van der Waals surface area contributed by atoms with Gasteiger partial charge >= 0.3 is 0 Å². The molecule has 0 unspecified atom stereocenters. The molecular formula is C8H7BrClFO. The van der Waals surface area contributed by atoms with Gasteiger partial charge in [0.05, 0.1) is 16.5 Å². The first-order chi connectivity index (χ1) is 5.66. The van der Waals surface area contributed by atoms with E-state index in [1.165, 1.54) is 6.07 Å². The molecule has 4 heteroatoms. The largest absolute Gasteiger partial charge is 0.387 e. The van der Waals surface area contributed by atoms with Gasteiger partial charge in [-0.25, -0.2) is 4.39 Å². The number of benzene rings is 1. The zero-order valence-corrected chi connectivity index (χ0v) is 8.44. The fourth-order valence-corrected chi connectivity index (χ4v) is 1.41. The lowest BCUT2D eigenvalue weighted by atomic mass is 10.1. The monoisotopic (exact) mass is 252 g/mol. The smallest absolute Gasteiger partial charge is 0.143 e. The molecule has 66 valence electrons. The van der Waals surface area contributed by atoms with E-state index >= 15 is 0 Å². The van der Waals surface area contributed by atoms with Crippen molar-refractivity contribution in [1.29, 1.82) is 0 Å². The predicted molar refractivity (Wildman–Crippen MR) is 49.8 cm³/mol. The molecule has 1 N–H and O–H groups in total. The van der Waals surface area contributed by atoms with Crippen LogP contribution in [0.1, 0.15) is 11.7 Å². The van der Waals surface area contributed by atoms with Crippen LogP contribution >= 0.6 is 27.5 Å². The molecule has 0 saturated heterocycles. The number of hydrogen-bond acceptors (Lipinski definition) is 1. The maximum absolute atomic E-state index is 13.2. The van der Waals surface area contributed by atoms with Crippen LogP contribution in [0, 0.1) is 5.82 Å². The fraction of sp³-hybridized carbons (Fsp3) is 0.250. The van der Waals surface area contributed by atoms with E-state index in [4.69, 9.17) is 11.6 Å². The summed E-state index contributed by atoms with van der Waals surface area (Å²) in [5.74, 6) is -0.460. The molecule has 0 amide bonds. The molecule has 0 fully saturated rings. The highest BCUT2D eigenvalue weighted by Crippen LogP contribution is 2.24. The maximum Gasteiger partial charge on any atom is 0.143 e. The Kier molecular flexibility index (Phi) is 3.50. The van der Waals surface area contributed by atoms with Gasteiger partial charge in [0.15, 0.2) is 0 Å². The number of rotatable bonds is 2. The van der Waals surface area contributed by atoms with Gasteiger partial charge in [0, 0.05) is 5.56 Å². The first-order valence-corrected chi connectivity index (χ1v) is 4.67. The molecule has 0 aliphatic carbocycles. The number of hydrogen-bond donors (Lipinski definition) is 1. The predicted octanol–water partition coefficient (Wildman–Crippen LogP) is 2.86. The summed E-state index contributed by atoms with van der Waals surface area (Å²) in [7, 11) is 0. The standard InChI is InChI=1S/C8H7BrClFO/c9-6-3-1-2-5(8(6)11)7(12)4-10/h1-3,7,12H,4H2/t7-/m1/s1. The molecule has 1 rings (SSSR count). The Balaban J connectivity index is 3.07. The second-order valence-corrected chi connectivity index (χ2v) is 3.48. The average molecular weight is 253 g/mol. The van der Waals surface area contributed by atoms with Crippen LogP contribution in [0.5, 0.6) is 0 Å². The minimum Gasteiger partial charge on any atom is -0.387 e. The van der Waals surface area contributed by atoms with Crippen molar-refractivity contribution in [2.24, 2.45) is 0 Å². The summed E-state index contributed by atoms with van der Waals surface area (Å²) in [6.07, 6.45) is -0.941. The number of aliphatic hydroxyl groups is 1. The number of halogens is 3. The molecule has 0 radical (unpaired) electrons. The lowest BCUT2D eigenvalue weighted by Crippen LogP contribution is -2.01. The van der Waals surface area contributed by atoms with E-state index in [1.807, 2.05) is 0 Å². The van der Waals surface area contributed by atoms with Crippen molar-refractivity contribution in [3.05, 3.63) is 34.1 Å². The van der Waals surface area contributed by atoms with Gasteiger partial charge in [-0.15, -0.1) is 11.6 Å². The van der Waals surface area contributed by atoms with Crippen LogP contribution in [-0.4, -0.2) is 11.0 Å². The van der Waals surface area contributed by atoms with Gasteiger partial charge in [0.2, 0.25) is 0 Å². The lowest BCUT2D eigenvalue weighted by molar-refractivity contribution is 0.197. The fourth-order valence-electron chi connectivity index (χ4n) is 0.861. The van der Waals surface area contributed by atoms with Gasteiger partial charge < -0.3 is 5.11 Å². The summed E-state index contributed by atoms with van der Waals surface area (Å²) in [5.41, 5.74) is 0.222. The highest BCUT2D eigenvalue weighted by atomic mass is 79.9. The van der Waals surface area contributed by atoms with Crippen LogP contribution in [0.15, 0.2) is 22.7 Å². The molecule has 0 bridgehead atoms. The molecule has 0 aliphatic heterocycles. The second-order valence-electron chi connectivity index (χ2n) is 2.31. The molecular weight excluding hydrogens is 246 g/mol. The molecule has 0 aliphatic rings. The van der Waals surface area contributed by atoms with Crippen molar-refractivity contribution < 1.29 is 9.50 Å². The van der Waals surface area contributed by atoms with Crippen molar-refractivity contribution in [2.45, 2.75) is 6.10 Å². The quantitative estimate of drug-likeness (QED) is 0.804. The van der Waals surface area contributed by atoms with Gasteiger partial charge in [0.1, 0.15) is 5.82 Å². The summed E-state index contributed by atoms with van der Waals surface area (Å²) in [5, 5.41) is 9.24. The Morgan fingerprint density at radius 3 is 2.83 bits per heavy atom. The Bertz CT molecular complexity index is 280. The molecule has 0 aromatic heterocycles. The van der Waals surface area contributed by atoms with Crippen molar-refractivity contribution in [2.75, 3.05) is 5.88 Å². The SMILES string of the molecule is O[C@H](CCl)c1cccc(Br)c1F. The van der Waals surface area contributed by atoms with Gasteiger partial charge in [-0.05, 0) is 22.0 Å². The summed E-state index contributed by atoms with van der Waals surface area (Å²) in [6, 6.07) is 4.73. The van der Waals surface area contributed by atoms with E-state index in [1.54, 1.807) is 12.1 Å². The van der Waals surface area contributed by atoms with E-state index in [-0.39, 0.29) is 11.4 Å². The highest BCUT2D eigenvalue weighted by molar-refractivity contribution is 9.10. The molecule has 1 aromatic rings. The highest BCUT2D eigenvalue weighted by Gasteiger charge is 2.12. The van der Waals surface area contributed by atoms with E-state index in [2.05, 4.69) is 15.9 Å². The van der Waals surface area contributed by atoms with Gasteiger partial charge in [-0.2, -0.15) is 0 Å². The second kappa shape index (κ2) is 4.21. The summed E-state index contributed by atoms with van der Waals surface area (Å²) >= 11 is 8.39.